The molecule has 0 saturated heterocycles. The van der Waals surface area contributed by atoms with E-state index in [0.29, 0.717) is 12.0 Å². The van der Waals surface area contributed by atoms with Crippen molar-refractivity contribution >= 4 is 22.5 Å². The average Bonchev–Trinajstić information content (AvgIpc) is 2.61. The fourth-order valence-electron chi connectivity index (χ4n) is 2.76. The van der Waals surface area contributed by atoms with Crippen molar-refractivity contribution in [3.63, 3.8) is 0 Å². The number of amides is 1. The number of phenolic OH excluding ortho intramolecular Hbond substituents is 1. The first-order valence-corrected chi connectivity index (χ1v) is 8.11. The number of fused-ring (bicyclic) bond motifs is 1. The molecule has 0 aliphatic heterocycles. The summed E-state index contributed by atoms with van der Waals surface area (Å²) in [6.45, 7) is 1.48. The molecule has 0 aliphatic rings. The van der Waals surface area contributed by atoms with Crippen molar-refractivity contribution in [3.05, 3.63) is 77.9 Å². The van der Waals surface area contributed by atoms with Crippen molar-refractivity contribution in [2.24, 2.45) is 0 Å². The topological polar surface area (TPSA) is 66.4 Å². The Kier molecular flexibility index (Phi) is 4.80. The first kappa shape index (κ1) is 16.7. The molecule has 1 unspecified atom stereocenters. The third kappa shape index (κ3) is 4.04. The van der Waals surface area contributed by atoms with Crippen LogP contribution in [0.25, 0.3) is 10.8 Å². The van der Waals surface area contributed by atoms with Crippen molar-refractivity contribution in [1.82, 2.24) is 5.32 Å². The molecule has 0 spiro atoms. The predicted octanol–water partition coefficient (Wildman–Crippen LogP) is 3.48. The van der Waals surface area contributed by atoms with Crippen LogP contribution in [-0.2, 0) is 11.2 Å². The third-order valence-electron chi connectivity index (χ3n) is 4.16. The average molecular weight is 333 g/mol. The van der Waals surface area contributed by atoms with Crippen LogP contribution >= 0.6 is 0 Å². The van der Waals surface area contributed by atoms with Gasteiger partial charge in [-0.05, 0) is 53.9 Å². The maximum Gasteiger partial charge on any atom is 0.251 e. The minimum Gasteiger partial charge on any atom is -0.508 e. The highest BCUT2D eigenvalue weighted by Gasteiger charge is 2.18. The number of rotatable bonds is 5. The van der Waals surface area contributed by atoms with Crippen molar-refractivity contribution in [2.75, 3.05) is 0 Å². The summed E-state index contributed by atoms with van der Waals surface area (Å²) in [4.78, 5) is 24.5. The van der Waals surface area contributed by atoms with Gasteiger partial charge in [0.1, 0.15) is 5.75 Å². The zero-order chi connectivity index (χ0) is 17.8. The number of nitrogens with one attached hydrogen (secondary N) is 1. The third-order valence-corrected chi connectivity index (χ3v) is 4.16. The highest BCUT2D eigenvalue weighted by atomic mass is 16.3. The smallest absolute Gasteiger partial charge is 0.251 e. The van der Waals surface area contributed by atoms with Gasteiger partial charge in [-0.25, -0.2) is 0 Å². The van der Waals surface area contributed by atoms with Crippen molar-refractivity contribution in [1.29, 1.82) is 0 Å². The maximum absolute atomic E-state index is 12.5. The summed E-state index contributed by atoms with van der Waals surface area (Å²) >= 11 is 0. The van der Waals surface area contributed by atoms with E-state index in [2.05, 4.69) is 5.32 Å². The van der Waals surface area contributed by atoms with Gasteiger partial charge in [-0.1, -0.05) is 42.5 Å². The quantitative estimate of drug-likeness (QED) is 0.751. The van der Waals surface area contributed by atoms with Crippen LogP contribution in [0.15, 0.2) is 66.7 Å². The van der Waals surface area contributed by atoms with E-state index in [-0.39, 0.29) is 17.4 Å². The molecular formula is C21H19NO3. The van der Waals surface area contributed by atoms with Crippen molar-refractivity contribution < 1.29 is 14.7 Å². The van der Waals surface area contributed by atoms with Gasteiger partial charge < -0.3 is 10.4 Å². The second kappa shape index (κ2) is 7.18. The molecular weight excluding hydrogens is 314 g/mol. The number of hydrogen-bond donors (Lipinski definition) is 2. The zero-order valence-electron chi connectivity index (χ0n) is 13.9. The van der Waals surface area contributed by atoms with E-state index in [1.807, 2.05) is 30.3 Å². The fourth-order valence-corrected chi connectivity index (χ4v) is 2.76. The van der Waals surface area contributed by atoms with E-state index in [1.54, 1.807) is 36.4 Å². The Hall–Kier alpha value is -3.14. The molecule has 0 radical (unpaired) electrons. The molecule has 0 saturated carbocycles. The van der Waals surface area contributed by atoms with Gasteiger partial charge in [0.05, 0.1) is 6.04 Å². The highest BCUT2D eigenvalue weighted by molar-refractivity contribution is 6.00. The van der Waals surface area contributed by atoms with Crippen LogP contribution in [0.4, 0.5) is 0 Å². The van der Waals surface area contributed by atoms with E-state index in [0.717, 1.165) is 16.3 Å². The van der Waals surface area contributed by atoms with Gasteiger partial charge >= 0.3 is 0 Å². The number of benzene rings is 3. The Labute approximate surface area is 146 Å². The second-order valence-corrected chi connectivity index (χ2v) is 6.07. The molecule has 4 nitrogen and oxygen atoms in total. The zero-order valence-corrected chi connectivity index (χ0v) is 13.9. The summed E-state index contributed by atoms with van der Waals surface area (Å²) < 4.78 is 0. The van der Waals surface area contributed by atoms with Gasteiger partial charge in [0.15, 0.2) is 5.78 Å². The van der Waals surface area contributed by atoms with E-state index < -0.39 is 6.04 Å². The summed E-state index contributed by atoms with van der Waals surface area (Å²) in [5.41, 5.74) is 1.48. The highest BCUT2D eigenvalue weighted by Crippen LogP contribution is 2.21. The Bertz CT molecular complexity index is 919. The molecule has 25 heavy (non-hydrogen) atoms. The number of hydrogen-bond acceptors (Lipinski definition) is 3. The summed E-state index contributed by atoms with van der Waals surface area (Å²) in [5, 5.41) is 14.0. The Balaban J connectivity index is 1.79. The molecule has 1 atom stereocenters. The number of carbonyl (C=O) groups is 2. The fraction of sp³-hybridized carbons (Fsp3) is 0.143. The van der Waals surface area contributed by atoms with Crippen LogP contribution in [0.2, 0.25) is 0 Å². The monoisotopic (exact) mass is 333 g/mol. The van der Waals surface area contributed by atoms with Crippen LogP contribution in [0.1, 0.15) is 22.8 Å². The number of Topliss-reactive ketones (excluding diaryl/α,β-unsaturated/α-hetero) is 1. The lowest BCUT2D eigenvalue weighted by atomic mass is 10.0. The van der Waals surface area contributed by atoms with Crippen LogP contribution in [0, 0.1) is 0 Å². The number of carbonyl (C=O) groups excluding carboxylic acids is 2. The van der Waals surface area contributed by atoms with Crippen LogP contribution in [0.3, 0.4) is 0 Å². The molecule has 3 aromatic rings. The lowest BCUT2D eigenvalue weighted by molar-refractivity contribution is -0.118. The Morgan fingerprint density at radius 2 is 1.64 bits per heavy atom. The van der Waals surface area contributed by atoms with Gasteiger partial charge in [-0.3, -0.25) is 9.59 Å². The molecule has 4 heteroatoms. The summed E-state index contributed by atoms with van der Waals surface area (Å²) in [7, 11) is 0. The van der Waals surface area contributed by atoms with Crippen LogP contribution in [0.5, 0.6) is 5.75 Å². The standard InChI is InChI=1S/C21H19NO3/c1-14(23)20(11-15-5-3-2-4-6-15)22-21(25)18-8-7-17-13-19(24)10-9-16(17)12-18/h2-10,12-13,20,24H,11H2,1H3,(H,22,25). The van der Waals surface area contributed by atoms with E-state index in [4.69, 9.17) is 0 Å². The molecule has 3 rings (SSSR count). The SMILES string of the molecule is CC(=O)C(Cc1ccccc1)NC(=O)c1ccc2cc(O)ccc2c1. The predicted molar refractivity (Wildman–Crippen MR) is 97.7 cm³/mol. The van der Waals surface area contributed by atoms with Gasteiger partial charge in [0.2, 0.25) is 0 Å². The lowest BCUT2D eigenvalue weighted by Crippen LogP contribution is -2.41. The first-order chi connectivity index (χ1) is 12.0. The van der Waals surface area contributed by atoms with E-state index in [9.17, 15) is 14.7 Å². The molecule has 0 fully saturated rings. The molecule has 0 heterocycles. The summed E-state index contributed by atoms with van der Waals surface area (Å²) in [6.07, 6.45) is 0.462. The van der Waals surface area contributed by atoms with Gasteiger partial charge in [0.25, 0.3) is 5.91 Å². The number of phenols is 1. The lowest BCUT2D eigenvalue weighted by Gasteiger charge is -2.16. The van der Waals surface area contributed by atoms with Crippen LogP contribution < -0.4 is 5.32 Å². The van der Waals surface area contributed by atoms with Gasteiger partial charge in [-0.15, -0.1) is 0 Å². The molecule has 0 aliphatic carbocycles. The Morgan fingerprint density at radius 1 is 0.960 bits per heavy atom. The maximum atomic E-state index is 12.5. The normalized spacial score (nSPS) is 11.9. The van der Waals surface area contributed by atoms with Crippen molar-refractivity contribution in [2.45, 2.75) is 19.4 Å². The van der Waals surface area contributed by atoms with Gasteiger partial charge in [0, 0.05) is 5.56 Å². The minimum atomic E-state index is -0.564. The first-order valence-electron chi connectivity index (χ1n) is 8.11. The molecule has 126 valence electrons. The molecule has 3 aromatic carbocycles. The molecule has 2 N–H and O–H groups in total. The second-order valence-electron chi connectivity index (χ2n) is 6.07. The minimum absolute atomic E-state index is 0.0806. The van der Waals surface area contributed by atoms with Crippen molar-refractivity contribution in [3.8, 4) is 5.75 Å². The van der Waals surface area contributed by atoms with E-state index >= 15 is 0 Å². The van der Waals surface area contributed by atoms with E-state index in [1.165, 1.54) is 6.92 Å². The largest absolute Gasteiger partial charge is 0.508 e. The molecule has 1 amide bonds. The molecule has 0 aromatic heterocycles. The Morgan fingerprint density at radius 3 is 2.36 bits per heavy atom. The van der Waals surface area contributed by atoms with Crippen LogP contribution in [-0.4, -0.2) is 22.8 Å². The number of ketones is 1. The number of aromatic hydroxyl groups is 1. The van der Waals surface area contributed by atoms with Gasteiger partial charge in [-0.2, -0.15) is 0 Å². The molecule has 0 bridgehead atoms. The summed E-state index contributed by atoms with van der Waals surface area (Å²) in [5.74, 6) is -0.182. The summed E-state index contributed by atoms with van der Waals surface area (Å²) in [6, 6.07) is 19.2.